The fraction of sp³-hybridized carbons (Fsp3) is 0.357. The lowest BCUT2D eigenvalue weighted by Gasteiger charge is -2.09. The van der Waals surface area contributed by atoms with Crippen LogP contribution < -0.4 is 5.32 Å². The molecule has 5 nitrogen and oxygen atoms in total. The van der Waals surface area contributed by atoms with Crippen LogP contribution in [0.4, 0.5) is 5.82 Å². The molecule has 2 heterocycles. The lowest BCUT2D eigenvalue weighted by Crippen LogP contribution is -2.10. The summed E-state index contributed by atoms with van der Waals surface area (Å²) in [5.74, 6) is 0.600. The van der Waals surface area contributed by atoms with Crippen LogP contribution in [0.1, 0.15) is 13.3 Å². The Balaban J connectivity index is 1.94. The van der Waals surface area contributed by atoms with Crippen molar-refractivity contribution in [3.05, 3.63) is 24.3 Å². The number of hydrogen-bond acceptors (Lipinski definition) is 6. The van der Waals surface area contributed by atoms with Crippen LogP contribution in [0.5, 0.6) is 0 Å². The third kappa shape index (κ3) is 2.43. The average Bonchev–Trinajstić information content (AvgIpc) is 2.76. The molecule has 2 aromatic rings. The van der Waals surface area contributed by atoms with Gasteiger partial charge in [-0.2, -0.15) is 0 Å². The number of thioether (sulfide) groups is 1. The molecule has 0 saturated carbocycles. The van der Waals surface area contributed by atoms with Gasteiger partial charge in [-0.3, -0.25) is 4.79 Å². The standard InChI is InChI=1S/C14H15N3O2S/c1-8-7-11(13(18)19-8)20-14-16-10-6-4-3-5-9(10)12(15-2)17-14/h3-6,8,11H,7H2,1-2H3,(H,15,16,17)/t8-,11+/m0/s1. The fourth-order valence-corrected chi connectivity index (χ4v) is 3.31. The molecule has 0 unspecified atom stereocenters. The minimum atomic E-state index is -0.212. The number of nitrogens with zero attached hydrogens (tertiary/aromatic N) is 2. The van der Waals surface area contributed by atoms with Gasteiger partial charge in [-0.15, -0.1) is 0 Å². The van der Waals surface area contributed by atoms with Crippen LogP contribution in [0.2, 0.25) is 0 Å². The minimum Gasteiger partial charge on any atom is -0.462 e. The van der Waals surface area contributed by atoms with Crippen molar-refractivity contribution in [2.24, 2.45) is 0 Å². The Morgan fingerprint density at radius 2 is 2.15 bits per heavy atom. The van der Waals surface area contributed by atoms with Crippen molar-refractivity contribution in [1.82, 2.24) is 9.97 Å². The number of benzene rings is 1. The zero-order valence-electron chi connectivity index (χ0n) is 11.3. The van der Waals surface area contributed by atoms with Gasteiger partial charge in [0, 0.05) is 18.9 Å². The third-order valence-corrected chi connectivity index (χ3v) is 4.26. The Hall–Kier alpha value is -1.82. The van der Waals surface area contributed by atoms with E-state index >= 15 is 0 Å². The van der Waals surface area contributed by atoms with Crippen LogP contribution in [0.15, 0.2) is 29.4 Å². The predicted octanol–water partition coefficient (Wildman–Crippen LogP) is 2.47. The summed E-state index contributed by atoms with van der Waals surface area (Å²) in [5.41, 5.74) is 0.869. The molecule has 0 spiro atoms. The highest BCUT2D eigenvalue weighted by molar-refractivity contribution is 8.00. The summed E-state index contributed by atoms with van der Waals surface area (Å²) in [6.07, 6.45) is 0.679. The molecule has 1 fully saturated rings. The predicted molar refractivity (Wildman–Crippen MR) is 78.9 cm³/mol. The Morgan fingerprint density at radius 3 is 2.85 bits per heavy atom. The highest BCUT2D eigenvalue weighted by Gasteiger charge is 2.33. The van der Waals surface area contributed by atoms with Crippen molar-refractivity contribution in [1.29, 1.82) is 0 Å². The number of esters is 1. The second kappa shape index (κ2) is 5.28. The van der Waals surface area contributed by atoms with E-state index in [9.17, 15) is 4.79 Å². The molecule has 0 amide bonds. The van der Waals surface area contributed by atoms with Crippen LogP contribution in [0.3, 0.4) is 0 Å². The molecule has 0 bridgehead atoms. The quantitative estimate of drug-likeness (QED) is 0.692. The van der Waals surface area contributed by atoms with Gasteiger partial charge in [-0.1, -0.05) is 23.9 Å². The molecular weight excluding hydrogens is 274 g/mol. The second-order valence-electron chi connectivity index (χ2n) is 4.71. The Morgan fingerprint density at radius 1 is 1.35 bits per heavy atom. The van der Waals surface area contributed by atoms with Crippen molar-refractivity contribution >= 4 is 34.5 Å². The molecule has 1 aliphatic rings. The summed E-state index contributed by atoms with van der Waals surface area (Å²) >= 11 is 1.37. The first-order valence-electron chi connectivity index (χ1n) is 6.49. The van der Waals surface area contributed by atoms with Gasteiger partial charge in [0.15, 0.2) is 5.16 Å². The van der Waals surface area contributed by atoms with Crippen LogP contribution in [0, 0.1) is 0 Å². The Kier molecular flexibility index (Phi) is 3.48. The Bertz CT molecular complexity index is 662. The van der Waals surface area contributed by atoms with Crippen molar-refractivity contribution < 1.29 is 9.53 Å². The van der Waals surface area contributed by atoms with E-state index < -0.39 is 0 Å². The van der Waals surface area contributed by atoms with E-state index in [1.807, 2.05) is 38.2 Å². The molecule has 1 aromatic heterocycles. The van der Waals surface area contributed by atoms with Crippen molar-refractivity contribution in [3.8, 4) is 0 Å². The summed E-state index contributed by atoms with van der Waals surface area (Å²) in [7, 11) is 1.83. The van der Waals surface area contributed by atoms with Gasteiger partial charge in [0.1, 0.15) is 17.2 Å². The number of nitrogens with one attached hydrogen (secondary N) is 1. The highest BCUT2D eigenvalue weighted by atomic mass is 32.2. The van der Waals surface area contributed by atoms with E-state index in [-0.39, 0.29) is 17.3 Å². The van der Waals surface area contributed by atoms with Gasteiger partial charge in [0.05, 0.1) is 5.52 Å². The van der Waals surface area contributed by atoms with Gasteiger partial charge in [-0.25, -0.2) is 9.97 Å². The zero-order chi connectivity index (χ0) is 14.1. The van der Waals surface area contributed by atoms with Gasteiger partial charge < -0.3 is 10.1 Å². The van der Waals surface area contributed by atoms with Gasteiger partial charge >= 0.3 is 5.97 Å². The highest BCUT2D eigenvalue weighted by Crippen LogP contribution is 2.32. The number of hydrogen-bond donors (Lipinski definition) is 1. The number of fused-ring (bicyclic) bond motifs is 1. The largest absolute Gasteiger partial charge is 0.462 e. The smallest absolute Gasteiger partial charge is 0.319 e. The number of ether oxygens (including phenoxy) is 1. The van der Waals surface area contributed by atoms with Crippen molar-refractivity contribution in [3.63, 3.8) is 0 Å². The molecule has 3 rings (SSSR count). The first-order chi connectivity index (χ1) is 9.67. The van der Waals surface area contributed by atoms with E-state index in [1.54, 1.807) is 0 Å². The Labute approximate surface area is 121 Å². The first kappa shape index (κ1) is 13.2. The number of carbonyl (C=O) groups excluding carboxylic acids is 1. The number of carbonyl (C=O) groups is 1. The van der Waals surface area contributed by atoms with Gasteiger partial charge in [-0.05, 0) is 19.1 Å². The van der Waals surface area contributed by atoms with Crippen LogP contribution in [0.25, 0.3) is 10.9 Å². The van der Waals surface area contributed by atoms with Crippen LogP contribution in [-0.4, -0.2) is 34.3 Å². The summed E-state index contributed by atoms with van der Waals surface area (Å²) in [4.78, 5) is 20.7. The van der Waals surface area contributed by atoms with Gasteiger partial charge in [0.25, 0.3) is 0 Å². The van der Waals surface area contributed by atoms with E-state index in [0.717, 1.165) is 16.7 Å². The molecule has 20 heavy (non-hydrogen) atoms. The maximum atomic E-state index is 11.7. The normalized spacial score (nSPS) is 22.0. The second-order valence-corrected chi connectivity index (χ2v) is 5.88. The van der Waals surface area contributed by atoms with Crippen LogP contribution >= 0.6 is 11.8 Å². The first-order valence-corrected chi connectivity index (χ1v) is 7.37. The lowest BCUT2D eigenvalue weighted by atomic mass is 10.2. The van der Waals surface area contributed by atoms with Crippen molar-refractivity contribution in [2.75, 3.05) is 12.4 Å². The number of aromatic nitrogens is 2. The maximum absolute atomic E-state index is 11.7. The van der Waals surface area contributed by atoms with Crippen LogP contribution in [-0.2, 0) is 9.53 Å². The number of para-hydroxylation sites is 1. The average molecular weight is 289 g/mol. The van der Waals surface area contributed by atoms with E-state index in [2.05, 4.69) is 15.3 Å². The molecule has 6 heteroatoms. The summed E-state index contributed by atoms with van der Waals surface area (Å²) in [6.45, 7) is 1.90. The van der Waals surface area contributed by atoms with E-state index in [0.29, 0.717) is 11.6 Å². The monoisotopic (exact) mass is 289 g/mol. The molecule has 1 aliphatic heterocycles. The fourth-order valence-electron chi connectivity index (χ4n) is 2.24. The molecular formula is C14H15N3O2S. The van der Waals surface area contributed by atoms with Crippen molar-refractivity contribution in [2.45, 2.75) is 29.9 Å². The molecule has 1 saturated heterocycles. The van der Waals surface area contributed by atoms with E-state index in [1.165, 1.54) is 11.8 Å². The lowest BCUT2D eigenvalue weighted by molar-refractivity contribution is -0.140. The molecule has 104 valence electrons. The molecule has 1 N–H and O–H groups in total. The summed E-state index contributed by atoms with van der Waals surface area (Å²) in [5, 5.41) is 4.44. The molecule has 0 radical (unpaired) electrons. The summed E-state index contributed by atoms with van der Waals surface area (Å²) < 4.78 is 5.16. The topological polar surface area (TPSA) is 64.1 Å². The van der Waals surface area contributed by atoms with Gasteiger partial charge in [0.2, 0.25) is 0 Å². The molecule has 0 aliphatic carbocycles. The molecule has 1 aromatic carbocycles. The third-order valence-electron chi connectivity index (χ3n) is 3.19. The molecule has 2 atom stereocenters. The van der Waals surface area contributed by atoms with E-state index in [4.69, 9.17) is 4.74 Å². The number of anilines is 1. The summed E-state index contributed by atoms with van der Waals surface area (Å²) in [6, 6.07) is 7.81. The number of rotatable bonds is 3. The maximum Gasteiger partial charge on any atom is 0.319 e. The number of cyclic esters (lactones) is 1. The SMILES string of the molecule is CNc1nc(S[C@@H]2C[C@H](C)OC2=O)nc2ccccc12. The zero-order valence-corrected chi connectivity index (χ0v) is 12.1. The minimum absolute atomic E-state index is 0.0239.